The van der Waals surface area contributed by atoms with Gasteiger partial charge in [0.2, 0.25) is 10.0 Å². The molecule has 0 saturated heterocycles. The van der Waals surface area contributed by atoms with Gasteiger partial charge in [0.25, 0.3) is 5.91 Å². The fourth-order valence-corrected chi connectivity index (χ4v) is 4.48. The Bertz CT molecular complexity index is 1120. The van der Waals surface area contributed by atoms with Gasteiger partial charge in [0.1, 0.15) is 15.6 Å². The molecule has 0 fully saturated rings. The highest BCUT2D eigenvalue weighted by Gasteiger charge is 2.16. The van der Waals surface area contributed by atoms with E-state index in [9.17, 15) is 13.2 Å². The fraction of sp³-hybridized carbons (Fsp3) is 0.238. The molecule has 0 unspecified atom stereocenters. The van der Waals surface area contributed by atoms with Crippen molar-refractivity contribution in [3.63, 3.8) is 0 Å². The molecule has 1 aromatic heterocycles. The summed E-state index contributed by atoms with van der Waals surface area (Å²) >= 11 is 1.33. The number of carbonyl (C=O) groups is 1. The van der Waals surface area contributed by atoms with Crippen LogP contribution in [-0.2, 0) is 16.6 Å². The molecule has 0 spiro atoms. The quantitative estimate of drug-likeness (QED) is 0.554. The van der Waals surface area contributed by atoms with Gasteiger partial charge < -0.3 is 10.1 Å². The molecule has 2 N–H and O–H groups in total. The number of hydrogen-bond acceptors (Lipinski definition) is 6. The highest BCUT2D eigenvalue weighted by Crippen LogP contribution is 2.29. The topological polar surface area (TPSA) is 97.4 Å². The molecule has 9 heteroatoms. The predicted molar refractivity (Wildman–Crippen MR) is 117 cm³/mol. The van der Waals surface area contributed by atoms with Crippen LogP contribution >= 0.6 is 11.3 Å². The van der Waals surface area contributed by atoms with Crippen molar-refractivity contribution in [3.8, 4) is 16.3 Å². The molecule has 0 bridgehead atoms. The van der Waals surface area contributed by atoms with Gasteiger partial charge in [0.15, 0.2) is 0 Å². The number of ether oxygens (including phenoxy) is 1. The van der Waals surface area contributed by atoms with Gasteiger partial charge in [0.05, 0.1) is 17.2 Å². The van der Waals surface area contributed by atoms with Crippen molar-refractivity contribution in [2.24, 2.45) is 0 Å². The first-order chi connectivity index (χ1) is 14.3. The van der Waals surface area contributed by atoms with Crippen LogP contribution in [0.3, 0.4) is 0 Å². The van der Waals surface area contributed by atoms with Crippen LogP contribution in [0.4, 0.5) is 0 Å². The van der Waals surface area contributed by atoms with Crippen molar-refractivity contribution in [1.82, 2.24) is 15.0 Å². The maximum absolute atomic E-state index is 12.6. The number of thiazole rings is 1. The zero-order chi connectivity index (χ0) is 21.7. The Morgan fingerprint density at radius 2 is 1.77 bits per heavy atom. The third kappa shape index (κ3) is 5.05. The van der Waals surface area contributed by atoms with E-state index in [1.807, 2.05) is 31.2 Å². The summed E-state index contributed by atoms with van der Waals surface area (Å²) in [5, 5.41) is 3.63. The van der Waals surface area contributed by atoms with Crippen LogP contribution in [0.2, 0.25) is 0 Å². The molecule has 0 aliphatic carbocycles. The molecular formula is C21H23N3O4S2. The minimum absolute atomic E-state index is 0.179. The number of nitrogens with one attached hydrogen (secondary N) is 2. The standard InChI is InChI=1S/C21H23N3O4S2/c1-4-28-17-9-7-16(8-10-17)21-24-14(2)19(29-21)20(25)23-13-15-5-11-18(12-6-15)30(26,27)22-3/h5-12,22H,4,13H2,1-3H3,(H,23,25). The molecule has 1 amide bonds. The molecule has 0 atom stereocenters. The van der Waals surface area contributed by atoms with E-state index in [4.69, 9.17) is 4.74 Å². The maximum Gasteiger partial charge on any atom is 0.263 e. The largest absolute Gasteiger partial charge is 0.494 e. The number of carbonyl (C=O) groups excluding carboxylic acids is 1. The Morgan fingerprint density at radius 1 is 1.10 bits per heavy atom. The lowest BCUT2D eigenvalue weighted by molar-refractivity contribution is 0.0954. The van der Waals surface area contributed by atoms with Crippen LogP contribution in [0.15, 0.2) is 53.4 Å². The van der Waals surface area contributed by atoms with Crippen LogP contribution < -0.4 is 14.8 Å². The molecule has 3 rings (SSSR count). The first-order valence-electron chi connectivity index (χ1n) is 9.35. The zero-order valence-electron chi connectivity index (χ0n) is 16.9. The highest BCUT2D eigenvalue weighted by molar-refractivity contribution is 7.89. The van der Waals surface area contributed by atoms with Gasteiger partial charge in [-0.05, 0) is 62.9 Å². The SMILES string of the molecule is CCOc1ccc(-c2nc(C)c(C(=O)NCc3ccc(S(=O)(=O)NC)cc3)s2)cc1. The number of amides is 1. The van der Waals surface area contributed by atoms with Crippen LogP contribution in [0, 0.1) is 6.92 Å². The van der Waals surface area contributed by atoms with Crippen LogP contribution in [-0.4, -0.2) is 33.0 Å². The average Bonchev–Trinajstić information content (AvgIpc) is 3.15. The lowest BCUT2D eigenvalue weighted by atomic mass is 10.2. The van der Waals surface area contributed by atoms with Crippen LogP contribution in [0.5, 0.6) is 5.75 Å². The monoisotopic (exact) mass is 445 g/mol. The van der Waals surface area contributed by atoms with Crippen molar-refractivity contribution in [1.29, 1.82) is 0 Å². The van der Waals surface area contributed by atoms with Crippen molar-refractivity contribution in [3.05, 3.63) is 64.7 Å². The first kappa shape index (κ1) is 21.9. The summed E-state index contributed by atoms with van der Waals surface area (Å²) in [5.41, 5.74) is 2.39. The van der Waals surface area contributed by atoms with Gasteiger partial charge in [-0.15, -0.1) is 11.3 Å². The molecule has 2 aromatic carbocycles. The molecule has 30 heavy (non-hydrogen) atoms. The minimum atomic E-state index is -3.48. The molecule has 0 aliphatic rings. The minimum Gasteiger partial charge on any atom is -0.494 e. The number of aromatic nitrogens is 1. The smallest absolute Gasteiger partial charge is 0.263 e. The van der Waals surface area contributed by atoms with Gasteiger partial charge in [-0.3, -0.25) is 4.79 Å². The van der Waals surface area contributed by atoms with E-state index in [-0.39, 0.29) is 17.3 Å². The summed E-state index contributed by atoms with van der Waals surface area (Å²) in [7, 11) is -2.11. The van der Waals surface area contributed by atoms with Gasteiger partial charge >= 0.3 is 0 Å². The Hall–Kier alpha value is -2.75. The van der Waals surface area contributed by atoms with Crippen LogP contribution in [0.25, 0.3) is 10.6 Å². The van der Waals surface area contributed by atoms with E-state index in [0.29, 0.717) is 17.2 Å². The van der Waals surface area contributed by atoms with Gasteiger partial charge in [-0.25, -0.2) is 18.1 Å². The fourth-order valence-electron chi connectivity index (χ4n) is 2.76. The Morgan fingerprint density at radius 3 is 2.37 bits per heavy atom. The first-order valence-corrected chi connectivity index (χ1v) is 11.7. The van der Waals surface area contributed by atoms with Gasteiger partial charge in [-0.2, -0.15) is 0 Å². The number of hydrogen-bond donors (Lipinski definition) is 2. The lowest BCUT2D eigenvalue weighted by Gasteiger charge is -2.06. The van der Waals surface area contributed by atoms with Gasteiger partial charge in [0, 0.05) is 12.1 Å². The Balaban J connectivity index is 1.67. The predicted octanol–water partition coefficient (Wildman–Crippen LogP) is 3.36. The number of benzene rings is 2. The summed E-state index contributed by atoms with van der Waals surface area (Å²) in [4.78, 5) is 17.9. The van der Waals surface area contributed by atoms with Gasteiger partial charge in [-0.1, -0.05) is 12.1 Å². The molecular weight excluding hydrogens is 422 g/mol. The van der Waals surface area contributed by atoms with E-state index < -0.39 is 10.0 Å². The number of aryl methyl sites for hydroxylation is 1. The van der Waals surface area contributed by atoms with E-state index in [2.05, 4.69) is 15.0 Å². The van der Waals surface area contributed by atoms with E-state index in [0.717, 1.165) is 21.9 Å². The summed E-state index contributed by atoms with van der Waals surface area (Å²) in [6, 6.07) is 14.0. The summed E-state index contributed by atoms with van der Waals surface area (Å²) < 4.78 is 31.3. The van der Waals surface area contributed by atoms with Crippen molar-refractivity contribution in [2.45, 2.75) is 25.3 Å². The summed E-state index contributed by atoms with van der Waals surface area (Å²) in [6.45, 7) is 4.63. The summed E-state index contributed by atoms with van der Waals surface area (Å²) in [5.74, 6) is 0.579. The molecule has 3 aromatic rings. The lowest BCUT2D eigenvalue weighted by Crippen LogP contribution is -2.22. The highest BCUT2D eigenvalue weighted by atomic mass is 32.2. The molecule has 0 radical (unpaired) electrons. The summed E-state index contributed by atoms with van der Waals surface area (Å²) in [6.07, 6.45) is 0. The Labute approximate surface area is 180 Å². The Kier molecular flexibility index (Phi) is 6.86. The number of rotatable bonds is 8. The third-order valence-corrected chi connectivity index (χ3v) is 7.01. The number of nitrogens with zero attached hydrogens (tertiary/aromatic N) is 1. The maximum atomic E-state index is 12.6. The second-order valence-electron chi connectivity index (χ2n) is 6.43. The average molecular weight is 446 g/mol. The number of sulfonamides is 1. The van der Waals surface area contributed by atoms with E-state index in [1.54, 1.807) is 19.1 Å². The molecule has 0 saturated carbocycles. The van der Waals surface area contributed by atoms with Crippen LogP contribution in [0.1, 0.15) is 27.9 Å². The molecule has 1 heterocycles. The molecule has 158 valence electrons. The van der Waals surface area contributed by atoms with Crippen molar-refractivity contribution < 1.29 is 17.9 Å². The van der Waals surface area contributed by atoms with Crippen molar-refractivity contribution in [2.75, 3.05) is 13.7 Å². The van der Waals surface area contributed by atoms with E-state index in [1.165, 1.54) is 30.5 Å². The third-order valence-electron chi connectivity index (χ3n) is 4.37. The van der Waals surface area contributed by atoms with Crippen molar-refractivity contribution >= 4 is 27.3 Å². The zero-order valence-corrected chi connectivity index (χ0v) is 18.6. The normalized spacial score (nSPS) is 11.3. The molecule has 7 nitrogen and oxygen atoms in total. The second kappa shape index (κ2) is 9.38. The second-order valence-corrected chi connectivity index (χ2v) is 9.31. The molecule has 0 aliphatic heterocycles. The van der Waals surface area contributed by atoms with E-state index >= 15 is 0 Å².